The molecule has 1 aromatic carbocycles. The number of alkyl halides is 7. The second-order valence-electron chi connectivity index (χ2n) is 6.09. The van der Waals surface area contributed by atoms with E-state index in [9.17, 15) is 35.5 Å². The van der Waals surface area contributed by atoms with E-state index in [4.69, 9.17) is 0 Å². The van der Waals surface area contributed by atoms with Gasteiger partial charge >= 0.3 is 18.0 Å². The smallest absolute Gasteiger partial charge is 0.268 e. The van der Waals surface area contributed by atoms with Gasteiger partial charge in [0, 0.05) is 11.8 Å². The Bertz CT molecular complexity index is 1090. The van der Waals surface area contributed by atoms with Crippen LogP contribution >= 0.6 is 0 Å². The van der Waals surface area contributed by atoms with Gasteiger partial charge in [0.1, 0.15) is 11.2 Å². The lowest BCUT2D eigenvalue weighted by Gasteiger charge is -2.29. The summed E-state index contributed by atoms with van der Waals surface area (Å²) in [5.74, 6) is -12.3. The number of pyridine rings is 1. The zero-order chi connectivity index (χ0) is 20.9. The van der Waals surface area contributed by atoms with Crippen molar-refractivity contribution in [1.82, 2.24) is 9.38 Å². The lowest BCUT2D eigenvalue weighted by molar-refractivity contribution is -0.359. The Balaban J connectivity index is 2.46. The second kappa shape index (κ2) is 6.32. The van der Waals surface area contributed by atoms with Crippen LogP contribution in [0, 0.1) is 6.92 Å². The first-order chi connectivity index (χ1) is 12.9. The number of halogens is 7. The molecule has 3 rings (SSSR count). The number of fused-ring (bicyclic) bond motifs is 1. The summed E-state index contributed by atoms with van der Waals surface area (Å²) in [5, 5.41) is 0. The van der Waals surface area contributed by atoms with Crippen molar-refractivity contribution in [3.05, 3.63) is 70.1 Å². The van der Waals surface area contributed by atoms with Crippen LogP contribution in [0.2, 0.25) is 0 Å². The van der Waals surface area contributed by atoms with Gasteiger partial charge in [-0.15, -0.1) is 0 Å². The van der Waals surface area contributed by atoms with Crippen molar-refractivity contribution < 1.29 is 30.7 Å². The summed E-state index contributed by atoms with van der Waals surface area (Å²) < 4.78 is 95.1. The molecule has 28 heavy (non-hydrogen) atoms. The molecule has 2 heterocycles. The molecule has 2 aromatic heterocycles. The molecule has 0 saturated carbocycles. The zero-order valence-corrected chi connectivity index (χ0v) is 14.1. The SMILES string of the molecule is Cc1ccc2nc(-c3ccccc3)c(C(F)(F)C(F)(F)C(F)(F)F)c(=O)n2c1. The van der Waals surface area contributed by atoms with Crippen LogP contribution in [0.15, 0.2) is 53.5 Å². The first-order valence-corrected chi connectivity index (χ1v) is 7.79. The van der Waals surface area contributed by atoms with Crippen LogP contribution in [-0.4, -0.2) is 21.5 Å². The highest BCUT2D eigenvalue weighted by Gasteiger charge is 2.75. The van der Waals surface area contributed by atoms with Crippen molar-refractivity contribution in [1.29, 1.82) is 0 Å². The Labute approximate surface area is 153 Å². The average molecular weight is 404 g/mol. The summed E-state index contributed by atoms with van der Waals surface area (Å²) in [7, 11) is 0. The van der Waals surface area contributed by atoms with Gasteiger partial charge in [-0.25, -0.2) is 4.98 Å². The van der Waals surface area contributed by atoms with Gasteiger partial charge < -0.3 is 0 Å². The van der Waals surface area contributed by atoms with E-state index in [2.05, 4.69) is 4.98 Å². The maximum atomic E-state index is 14.5. The zero-order valence-electron chi connectivity index (χ0n) is 14.1. The Morgan fingerprint density at radius 2 is 1.50 bits per heavy atom. The second-order valence-corrected chi connectivity index (χ2v) is 6.09. The molecule has 0 aliphatic carbocycles. The first-order valence-electron chi connectivity index (χ1n) is 7.79. The van der Waals surface area contributed by atoms with Gasteiger partial charge in [-0.2, -0.15) is 30.7 Å². The van der Waals surface area contributed by atoms with E-state index in [1.54, 1.807) is 0 Å². The molecule has 0 N–H and O–H groups in total. The minimum Gasteiger partial charge on any atom is -0.268 e. The molecule has 0 bridgehead atoms. The van der Waals surface area contributed by atoms with Crippen LogP contribution in [0.4, 0.5) is 30.7 Å². The maximum Gasteiger partial charge on any atom is 0.460 e. The third-order valence-electron chi connectivity index (χ3n) is 4.08. The van der Waals surface area contributed by atoms with E-state index in [0.717, 1.165) is 6.20 Å². The van der Waals surface area contributed by atoms with Gasteiger partial charge in [0.15, 0.2) is 0 Å². The lowest BCUT2D eigenvalue weighted by Crippen LogP contribution is -2.52. The minimum absolute atomic E-state index is 0.177. The highest BCUT2D eigenvalue weighted by molar-refractivity contribution is 5.66. The number of hydrogen-bond donors (Lipinski definition) is 0. The van der Waals surface area contributed by atoms with Crippen molar-refractivity contribution in [2.24, 2.45) is 0 Å². The van der Waals surface area contributed by atoms with E-state index in [-0.39, 0.29) is 11.2 Å². The molecule has 0 amide bonds. The normalized spacial score (nSPS) is 13.1. The highest BCUT2D eigenvalue weighted by atomic mass is 19.4. The van der Waals surface area contributed by atoms with E-state index >= 15 is 0 Å². The molecular weight excluding hydrogens is 393 g/mol. The molecule has 0 radical (unpaired) electrons. The molecule has 3 aromatic rings. The van der Waals surface area contributed by atoms with Gasteiger partial charge in [-0.3, -0.25) is 9.20 Å². The fraction of sp³-hybridized carbons (Fsp3) is 0.222. The molecule has 0 fully saturated rings. The van der Waals surface area contributed by atoms with Gasteiger partial charge in [-0.1, -0.05) is 36.4 Å². The van der Waals surface area contributed by atoms with Crippen molar-refractivity contribution in [2.45, 2.75) is 24.9 Å². The molecule has 10 heteroatoms. The van der Waals surface area contributed by atoms with Crippen LogP contribution in [0.5, 0.6) is 0 Å². The Kier molecular flexibility index (Phi) is 4.48. The topological polar surface area (TPSA) is 34.4 Å². The van der Waals surface area contributed by atoms with Crippen LogP contribution in [0.25, 0.3) is 16.9 Å². The number of nitrogens with zero attached hydrogens (tertiary/aromatic N) is 2. The molecule has 0 aliphatic rings. The number of benzene rings is 1. The number of aromatic nitrogens is 2. The van der Waals surface area contributed by atoms with E-state index in [0.29, 0.717) is 9.96 Å². The van der Waals surface area contributed by atoms with Crippen molar-refractivity contribution in [3.8, 4) is 11.3 Å². The standard InChI is InChI=1S/C18H11F7N2O/c1-10-7-8-12-26-14(11-5-3-2-4-6-11)13(15(28)27(12)9-10)16(19,20)17(21,22)18(23,24)25/h2-9H,1H3. The van der Waals surface area contributed by atoms with Crippen LogP contribution in [-0.2, 0) is 5.92 Å². The van der Waals surface area contributed by atoms with Crippen LogP contribution in [0.3, 0.4) is 0 Å². The minimum atomic E-state index is -6.58. The van der Waals surface area contributed by atoms with E-state index in [1.165, 1.54) is 49.4 Å². The highest BCUT2D eigenvalue weighted by Crippen LogP contribution is 2.52. The molecule has 0 spiro atoms. The van der Waals surface area contributed by atoms with E-state index < -0.39 is 34.8 Å². The fourth-order valence-electron chi connectivity index (χ4n) is 2.67. The third kappa shape index (κ3) is 2.92. The molecule has 0 unspecified atom stereocenters. The predicted molar refractivity (Wildman–Crippen MR) is 86.5 cm³/mol. The Hall–Kier alpha value is -2.91. The van der Waals surface area contributed by atoms with Crippen LogP contribution in [0.1, 0.15) is 11.1 Å². The fourth-order valence-corrected chi connectivity index (χ4v) is 2.67. The number of hydrogen-bond acceptors (Lipinski definition) is 2. The molecule has 0 saturated heterocycles. The summed E-state index contributed by atoms with van der Waals surface area (Å²) in [6.45, 7) is 1.49. The third-order valence-corrected chi connectivity index (χ3v) is 4.08. The molecule has 3 nitrogen and oxygen atoms in total. The number of aryl methyl sites for hydroxylation is 1. The first kappa shape index (κ1) is 19.8. The predicted octanol–water partition coefficient (Wildman–Crippen LogP) is 4.96. The quantitative estimate of drug-likeness (QED) is 0.579. The van der Waals surface area contributed by atoms with Crippen molar-refractivity contribution in [2.75, 3.05) is 0 Å². The number of rotatable bonds is 3. The summed E-state index contributed by atoms with van der Waals surface area (Å²) in [4.78, 5) is 16.4. The molecule has 0 aliphatic heterocycles. The summed E-state index contributed by atoms with van der Waals surface area (Å²) in [6.07, 6.45) is -5.55. The largest absolute Gasteiger partial charge is 0.460 e. The summed E-state index contributed by atoms with van der Waals surface area (Å²) in [6, 6.07) is 9.28. The maximum absolute atomic E-state index is 14.5. The van der Waals surface area contributed by atoms with E-state index in [1.807, 2.05) is 0 Å². The Morgan fingerprint density at radius 1 is 0.893 bits per heavy atom. The van der Waals surface area contributed by atoms with Gasteiger partial charge in [-0.05, 0) is 18.6 Å². The average Bonchev–Trinajstić information content (AvgIpc) is 2.61. The summed E-state index contributed by atoms with van der Waals surface area (Å²) in [5.41, 5.74) is -4.66. The van der Waals surface area contributed by atoms with Crippen molar-refractivity contribution >= 4 is 5.65 Å². The van der Waals surface area contributed by atoms with Gasteiger partial charge in [0.05, 0.1) is 5.69 Å². The molecule has 0 atom stereocenters. The van der Waals surface area contributed by atoms with Crippen LogP contribution < -0.4 is 5.56 Å². The Morgan fingerprint density at radius 3 is 2.07 bits per heavy atom. The van der Waals surface area contributed by atoms with Gasteiger partial charge in [0.2, 0.25) is 0 Å². The molecular formula is C18H11F7N2O. The monoisotopic (exact) mass is 404 g/mol. The van der Waals surface area contributed by atoms with Crippen molar-refractivity contribution in [3.63, 3.8) is 0 Å². The molecule has 148 valence electrons. The lowest BCUT2D eigenvalue weighted by atomic mass is 9.97. The summed E-state index contributed by atoms with van der Waals surface area (Å²) >= 11 is 0. The van der Waals surface area contributed by atoms with Gasteiger partial charge in [0.25, 0.3) is 5.56 Å².